The van der Waals surface area contributed by atoms with Crippen molar-refractivity contribution in [3.63, 3.8) is 0 Å². The highest BCUT2D eigenvalue weighted by Gasteiger charge is 1.98. The molecule has 0 aliphatic rings. The van der Waals surface area contributed by atoms with Crippen molar-refractivity contribution in [3.8, 4) is 0 Å². The molecule has 0 heterocycles. The van der Waals surface area contributed by atoms with Crippen molar-refractivity contribution in [2.24, 2.45) is 0 Å². The first-order valence-electron chi connectivity index (χ1n) is 5.79. The fourth-order valence-corrected chi connectivity index (χ4v) is 0.969. The van der Waals surface area contributed by atoms with Gasteiger partial charge in [0.2, 0.25) is 5.91 Å². The maximum Gasteiger partial charge on any atom is 0.220 e. The van der Waals surface area contributed by atoms with Gasteiger partial charge < -0.3 is 15.5 Å². The number of hydrogen-bond donors (Lipinski definition) is 3. The third kappa shape index (κ3) is 16.1. The predicted molar refractivity (Wildman–Crippen MR) is 63.7 cm³/mol. The molecule has 0 saturated carbocycles. The van der Waals surface area contributed by atoms with Gasteiger partial charge in [-0.25, -0.2) is 0 Å². The second kappa shape index (κ2) is 15.8. The number of carbonyl (C=O) groups is 1. The minimum atomic E-state index is -0.00181. The Labute approximate surface area is 94.2 Å². The molecule has 0 aliphatic heterocycles. The summed E-state index contributed by atoms with van der Waals surface area (Å²) >= 11 is 0. The average Bonchev–Trinajstić information content (AvgIpc) is 2.29. The predicted octanol–water partition coefficient (Wildman–Crippen LogP) is 1.31. The number of hydrogen-bond acceptors (Lipinski definition) is 3. The molecular formula is C11H27NO3. The summed E-state index contributed by atoms with van der Waals surface area (Å²) in [6, 6.07) is 0. The van der Waals surface area contributed by atoms with Crippen LogP contribution in [0.5, 0.6) is 0 Å². The molecular weight excluding hydrogens is 194 g/mol. The van der Waals surface area contributed by atoms with Crippen LogP contribution in [-0.4, -0.2) is 35.9 Å². The second-order valence-corrected chi connectivity index (χ2v) is 2.96. The molecule has 0 radical (unpaired) electrons. The molecule has 0 spiro atoms. The Morgan fingerprint density at radius 1 is 1.07 bits per heavy atom. The molecule has 94 valence electrons. The molecule has 0 unspecified atom stereocenters. The Balaban J connectivity index is -0.000000529. The summed E-state index contributed by atoms with van der Waals surface area (Å²) in [4.78, 5) is 11.0. The van der Waals surface area contributed by atoms with Crippen LogP contribution in [0, 0.1) is 0 Å². The maximum absolute atomic E-state index is 11.0. The highest BCUT2D eigenvalue weighted by atomic mass is 16.3. The van der Waals surface area contributed by atoms with Crippen LogP contribution in [0.15, 0.2) is 0 Å². The Morgan fingerprint density at radius 2 is 1.67 bits per heavy atom. The topological polar surface area (TPSA) is 69.6 Å². The van der Waals surface area contributed by atoms with Crippen LogP contribution in [0.4, 0.5) is 0 Å². The van der Waals surface area contributed by atoms with Gasteiger partial charge in [0.05, 0.1) is 0 Å². The monoisotopic (exact) mass is 221 g/mol. The lowest BCUT2D eigenvalue weighted by Gasteiger charge is -2.03. The van der Waals surface area contributed by atoms with Crippen LogP contribution in [0.25, 0.3) is 0 Å². The van der Waals surface area contributed by atoms with Crippen molar-refractivity contribution in [2.45, 2.75) is 46.0 Å². The summed E-state index contributed by atoms with van der Waals surface area (Å²) in [5, 5.41) is 19.7. The normalized spacial score (nSPS) is 9.07. The molecule has 4 nitrogen and oxygen atoms in total. The van der Waals surface area contributed by atoms with Crippen LogP contribution in [0.1, 0.15) is 47.4 Å². The molecule has 0 aromatic carbocycles. The number of unbranched alkanes of at least 4 members (excludes halogenated alkanes) is 2. The average molecular weight is 221 g/mol. The third-order valence-corrected chi connectivity index (χ3v) is 1.72. The standard InChI is InChI=1S/C9H19NO3.C2H6.H2/c11-7-3-1-2-6-10-9(13)5-4-8-12;1-2;/h11-12H,1-8H2,(H,10,13);1-2H3;1H. The zero-order chi connectivity index (χ0) is 11.9. The Bertz CT molecular complexity index is 134. The first-order chi connectivity index (χ1) is 7.31. The van der Waals surface area contributed by atoms with E-state index in [1.807, 2.05) is 13.8 Å². The van der Waals surface area contributed by atoms with E-state index in [0.29, 0.717) is 19.4 Å². The molecule has 0 aromatic heterocycles. The van der Waals surface area contributed by atoms with Crippen molar-refractivity contribution in [2.75, 3.05) is 19.8 Å². The second-order valence-electron chi connectivity index (χ2n) is 2.96. The summed E-state index contributed by atoms with van der Waals surface area (Å²) in [5.74, 6) is -0.00181. The molecule has 0 rings (SSSR count). The van der Waals surface area contributed by atoms with E-state index in [9.17, 15) is 4.79 Å². The Morgan fingerprint density at radius 3 is 2.20 bits per heavy atom. The summed E-state index contributed by atoms with van der Waals surface area (Å²) in [5.41, 5.74) is 0. The smallest absolute Gasteiger partial charge is 0.220 e. The van der Waals surface area contributed by atoms with Crippen molar-refractivity contribution in [3.05, 3.63) is 0 Å². The number of rotatable bonds is 8. The molecule has 0 bridgehead atoms. The van der Waals surface area contributed by atoms with Crippen molar-refractivity contribution in [1.29, 1.82) is 0 Å². The highest BCUT2D eigenvalue weighted by molar-refractivity contribution is 5.75. The van der Waals surface area contributed by atoms with E-state index in [1.54, 1.807) is 0 Å². The van der Waals surface area contributed by atoms with Gasteiger partial charge in [-0.2, -0.15) is 0 Å². The quantitative estimate of drug-likeness (QED) is 0.541. The van der Waals surface area contributed by atoms with Gasteiger partial charge >= 0.3 is 0 Å². The molecule has 0 saturated heterocycles. The van der Waals surface area contributed by atoms with Gasteiger partial charge in [-0.15, -0.1) is 0 Å². The van der Waals surface area contributed by atoms with E-state index in [2.05, 4.69) is 5.32 Å². The lowest BCUT2D eigenvalue weighted by atomic mass is 10.2. The Hall–Kier alpha value is -0.610. The lowest BCUT2D eigenvalue weighted by Crippen LogP contribution is -2.24. The summed E-state index contributed by atoms with van der Waals surface area (Å²) < 4.78 is 0. The Kier molecular flexibility index (Phi) is 17.8. The molecule has 3 N–H and O–H groups in total. The molecule has 0 fully saturated rings. The number of aliphatic hydroxyl groups excluding tert-OH is 2. The fourth-order valence-electron chi connectivity index (χ4n) is 0.969. The molecule has 0 aliphatic carbocycles. The van der Waals surface area contributed by atoms with Crippen LogP contribution in [0.2, 0.25) is 0 Å². The van der Waals surface area contributed by atoms with E-state index in [0.717, 1.165) is 19.3 Å². The number of amides is 1. The molecule has 0 atom stereocenters. The van der Waals surface area contributed by atoms with Crippen LogP contribution < -0.4 is 5.32 Å². The van der Waals surface area contributed by atoms with Crippen molar-refractivity contribution >= 4 is 5.91 Å². The van der Waals surface area contributed by atoms with E-state index >= 15 is 0 Å². The number of carbonyl (C=O) groups excluding carboxylic acids is 1. The minimum Gasteiger partial charge on any atom is -0.396 e. The zero-order valence-corrected chi connectivity index (χ0v) is 9.96. The van der Waals surface area contributed by atoms with Crippen LogP contribution >= 0.6 is 0 Å². The summed E-state index contributed by atoms with van der Waals surface area (Å²) in [6.07, 6.45) is 3.58. The third-order valence-electron chi connectivity index (χ3n) is 1.72. The van der Waals surface area contributed by atoms with E-state index in [-0.39, 0.29) is 20.5 Å². The van der Waals surface area contributed by atoms with E-state index in [4.69, 9.17) is 10.2 Å². The first kappa shape index (κ1) is 16.8. The largest absolute Gasteiger partial charge is 0.396 e. The van der Waals surface area contributed by atoms with Gasteiger partial charge in [0, 0.05) is 27.6 Å². The number of aliphatic hydroxyl groups is 2. The minimum absolute atomic E-state index is 0. The summed E-state index contributed by atoms with van der Waals surface area (Å²) in [7, 11) is 0. The molecule has 4 heteroatoms. The maximum atomic E-state index is 11.0. The summed E-state index contributed by atoms with van der Waals surface area (Å²) in [6.45, 7) is 4.96. The van der Waals surface area contributed by atoms with Crippen molar-refractivity contribution < 1.29 is 16.4 Å². The number of nitrogens with one attached hydrogen (secondary N) is 1. The van der Waals surface area contributed by atoms with E-state index in [1.165, 1.54) is 0 Å². The molecule has 0 aromatic rings. The fraction of sp³-hybridized carbons (Fsp3) is 0.909. The SMILES string of the molecule is CC.O=C(CCCO)NCCCCCO.[HH]. The molecule has 15 heavy (non-hydrogen) atoms. The van der Waals surface area contributed by atoms with Gasteiger partial charge in [-0.3, -0.25) is 4.79 Å². The van der Waals surface area contributed by atoms with Crippen molar-refractivity contribution in [1.82, 2.24) is 5.32 Å². The van der Waals surface area contributed by atoms with E-state index < -0.39 is 0 Å². The van der Waals surface area contributed by atoms with Gasteiger partial charge in [-0.05, 0) is 25.7 Å². The van der Waals surface area contributed by atoms with Gasteiger partial charge in [0.1, 0.15) is 0 Å². The van der Waals surface area contributed by atoms with Crippen LogP contribution in [-0.2, 0) is 4.79 Å². The first-order valence-corrected chi connectivity index (χ1v) is 5.79. The van der Waals surface area contributed by atoms with Gasteiger partial charge in [-0.1, -0.05) is 13.8 Å². The van der Waals surface area contributed by atoms with Gasteiger partial charge in [0.15, 0.2) is 0 Å². The highest BCUT2D eigenvalue weighted by Crippen LogP contribution is 1.93. The lowest BCUT2D eigenvalue weighted by molar-refractivity contribution is -0.121. The molecule has 1 amide bonds. The van der Waals surface area contributed by atoms with Crippen LogP contribution in [0.3, 0.4) is 0 Å². The van der Waals surface area contributed by atoms with Gasteiger partial charge in [0.25, 0.3) is 0 Å². The zero-order valence-electron chi connectivity index (χ0n) is 9.96.